The summed E-state index contributed by atoms with van der Waals surface area (Å²) >= 11 is 0. The van der Waals surface area contributed by atoms with E-state index in [4.69, 9.17) is 5.84 Å². The summed E-state index contributed by atoms with van der Waals surface area (Å²) in [5.41, 5.74) is 3.63. The van der Waals surface area contributed by atoms with Crippen molar-refractivity contribution in [2.24, 2.45) is 10.8 Å². The first kappa shape index (κ1) is 13.4. The predicted molar refractivity (Wildman–Crippen MR) is 70.5 cm³/mol. The van der Waals surface area contributed by atoms with Crippen LogP contribution in [0.25, 0.3) is 0 Å². The smallest absolute Gasteiger partial charge is 0.205 e. The fourth-order valence-electron chi connectivity index (χ4n) is 1.36. The lowest BCUT2D eigenvalue weighted by atomic mass is 10.3. The molecule has 0 fully saturated rings. The number of aliphatic imine (C=N–C) groups is 1. The summed E-state index contributed by atoms with van der Waals surface area (Å²) in [7, 11) is 0. The lowest BCUT2D eigenvalue weighted by Gasteiger charge is -2.08. The van der Waals surface area contributed by atoms with E-state index in [0.717, 1.165) is 38.0 Å². The Bertz CT molecular complexity index is 323. The molecule has 1 rings (SSSR count). The Kier molecular flexibility index (Phi) is 6.74. The van der Waals surface area contributed by atoms with Gasteiger partial charge in [-0.1, -0.05) is 19.4 Å². The van der Waals surface area contributed by atoms with Gasteiger partial charge in [-0.05, 0) is 18.6 Å². The third-order valence-electron chi connectivity index (χ3n) is 2.32. The molecule has 5 heteroatoms. The van der Waals surface area contributed by atoms with E-state index in [0.29, 0.717) is 5.96 Å². The van der Waals surface area contributed by atoms with Gasteiger partial charge in [0.15, 0.2) is 0 Å². The Labute approximate surface area is 103 Å². The van der Waals surface area contributed by atoms with Crippen molar-refractivity contribution in [1.82, 2.24) is 15.7 Å². The second kappa shape index (κ2) is 8.52. The molecule has 0 aliphatic carbocycles. The summed E-state index contributed by atoms with van der Waals surface area (Å²) in [6.45, 7) is 3.71. The Hall–Kier alpha value is -1.62. The highest BCUT2D eigenvalue weighted by atomic mass is 15.3. The lowest BCUT2D eigenvalue weighted by molar-refractivity contribution is 0.765. The van der Waals surface area contributed by atoms with Crippen LogP contribution in [0.4, 0.5) is 0 Å². The number of nitrogens with one attached hydrogen (secondary N) is 2. The summed E-state index contributed by atoms with van der Waals surface area (Å²) in [5.74, 6) is 6.02. The maximum absolute atomic E-state index is 5.38. The van der Waals surface area contributed by atoms with Crippen molar-refractivity contribution in [2.75, 3.05) is 13.1 Å². The third-order valence-corrected chi connectivity index (χ3v) is 2.32. The number of guanidine groups is 1. The molecule has 0 saturated carbocycles. The molecule has 4 N–H and O–H groups in total. The normalized spacial score (nSPS) is 11.3. The molecule has 5 nitrogen and oxygen atoms in total. The highest BCUT2D eigenvalue weighted by molar-refractivity contribution is 5.79. The number of pyridine rings is 1. The van der Waals surface area contributed by atoms with Gasteiger partial charge in [-0.25, -0.2) is 5.84 Å². The molecule has 1 aromatic rings. The van der Waals surface area contributed by atoms with Crippen LogP contribution in [0.15, 0.2) is 29.4 Å². The molecule has 0 amide bonds. The maximum Gasteiger partial charge on any atom is 0.205 e. The lowest BCUT2D eigenvalue weighted by Crippen LogP contribution is -2.42. The van der Waals surface area contributed by atoms with E-state index >= 15 is 0 Å². The minimum Gasteiger partial charge on any atom is -0.355 e. The molecular weight excluding hydrogens is 214 g/mol. The van der Waals surface area contributed by atoms with Gasteiger partial charge in [0.1, 0.15) is 0 Å². The van der Waals surface area contributed by atoms with Crippen molar-refractivity contribution in [3.63, 3.8) is 0 Å². The van der Waals surface area contributed by atoms with Gasteiger partial charge < -0.3 is 5.32 Å². The maximum atomic E-state index is 5.38. The van der Waals surface area contributed by atoms with Crippen molar-refractivity contribution in [3.8, 4) is 0 Å². The predicted octanol–water partition coefficient (Wildman–Crippen LogP) is 0.833. The number of hydrogen-bond donors (Lipinski definition) is 3. The van der Waals surface area contributed by atoms with Crippen molar-refractivity contribution < 1.29 is 0 Å². The Morgan fingerprint density at radius 1 is 1.47 bits per heavy atom. The number of aromatic nitrogens is 1. The third kappa shape index (κ3) is 5.87. The van der Waals surface area contributed by atoms with E-state index in [2.05, 4.69) is 27.6 Å². The molecule has 0 unspecified atom stereocenters. The zero-order chi connectivity index (χ0) is 12.3. The average Bonchev–Trinajstić information content (AvgIpc) is 2.38. The monoisotopic (exact) mass is 235 g/mol. The second-order valence-corrected chi connectivity index (χ2v) is 3.73. The average molecular weight is 235 g/mol. The van der Waals surface area contributed by atoms with Crippen LogP contribution in [0.3, 0.4) is 0 Å². The molecule has 0 aliphatic heterocycles. The van der Waals surface area contributed by atoms with E-state index in [1.807, 2.05) is 18.2 Å². The zero-order valence-corrected chi connectivity index (χ0v) is 10.3. The van der Waals surface area contributed by atoms with Crippen molar-refractivity contribution in [2.45, 2.75) is 26.2 Å². The quantitative estimate of drug-likeness (QED) is 0.224. The van der Waals surface area contributed by atoms with Gasteiger partial charge in [0.2, 0.25) is 5.96 Å². The first-order chi connectivity index (χ1) is 8.36. The summed E-state index contributed by atoms with van der Waals surface area (Å²) in [6, 6.07) is 5.90. The van der Waals surface area contributed by atoms with Gasteiger partial charge in [0.05, 0.1) is 0 Å². The molecule has 0 aromatic carbocycles. The number of unbranched alkanes of at least 4 members (excludes halogenated alkanes) is 1. The fraction of sp³-hybridized carbons (Fsp3) is 0.500. The van der Waals surface area contributed by atoms with Gasteiger partial charge >= 0.3 is 0 Å². The topological polar surface area (TPSA) is 75.3 Å². The molecule has 0 atom stereocenters. The van der Waals surface area contributed by atoms with Crippen molar-refractivity contribution >= 4 is 5.96 Å². The molecule has 94 valence electrons. The molecule has 1 heterocycles. The molecular formula is C12H21N5. The van der Waals surface area contributed by atoms with E-state index in [1.165, 1.54) is 0 Å². The Morgan fingerprint density at radius 3 is 3.00 bits per heavy atom. The SMILES string of the molecule is CCCCN=C(NN)NCCc1ccccn1. The second-order valence-electron chi connectivity index (χ2n) is 3.73. The zero-order valence-electron chi connectivity index (χ0n) is 10.3. The van der Waals surface area contributed by atoms with Crippen LogP contribution in [0, 0.1) is 0 Å². The molecule has 0 spiro atoms. The Morgan fingerprint density at radius 2 is 2.35 bits per heavy atom. The van der Waals surface area contributed by atoms with Gasteiger partial charge in [0.25, 0.3) is 0 Å². The van der Waals surface area contributed by atoms with E-state index < -0.39 is 0 Å². The van der Waals surface area contributed by atoms with Crippen LogP contribution in [-0.2, 0) is 6.42 Å². The molecule has 0 radical (unpaired) electrons. The minimum absolute atomic E-state index is 0.648. The summed E-state index contributed by atoms with van der Waals surface area (Å²) in [6.07, 6.45) is 4.87. The van der Waals surface area contributed by atoms with Crippen LogP contribution >= 0.6 is 0 Å². The van der Waals surface area contributed by atoms with E-state index in [1.54, 1.807) is 6.20 Å². The standard InChI is InChI=1S/C12H21N5/c1-2-3-8-15-12(17-13)16-10-7-11-6-4-5-9-14-11/h4-6,9H,2-3,7-8,10,13H2,1H3,(H2,15,16,17). The highest BCUT2D eigenvalue weighted by Gasteiger charge is 1.96. The fourth-order valence-corrected chi connectivity index (χ4v) is 1.36. The molecule has 1 aromatic heterocycles. The number of hydrazine groups is 1. The molecule has 17 heavy (non-hydrogen) atoms. The van der Waals surface area contributed by atoms with Gasteiger partial charge in [-0.2, -0.15) is 0 Å². The van der Waals surface area contributed by atoms with Gasteiger partial charge in [-0.15, -0.1) is 0 Å². The molecule has 0 saturated heterocycles. The first-order valence-corrected chi connectivity index (χ1v) is 6.01. The summed E-state index contributed by atoms with van der Waals surface area (Å²) < 4.78 is 0. The van der Waals surface area contributed by atoms with Crippen LogP contribution in [0.5, 0.6) is 0 Å². The van der Waals surface area contributed by atoms with Crippen molar-refractivity contribution in [3.05, 3.63) is 30.1 Å². The van der Waals surface area contributed by atoms with Crippen LogP contribution in [-0.4, -0.2) is 24.0 Å². The molecule has 0 bridgehead atoms. The van der Waals surface area contributed by atoms with Gasteiger partial charge in [0, 0.05) is 31.4 Å². The van der Waals surface area contributed by atoms with E-state index in [-0.39, 0.29) is 0 Å². The largest absolute Gasteiger partial charge is 0.355 e. The minimum atomic E-state index is 0.648. The number of nitrogens with zero attached hydrogens (tertiary/aromatic N) is 2. The van der Waals surface area contributed by atoms with Crippen molar-refractivity contribution in [1.29, 1.82) is 0 Å². The number of nitrogens with two attached hydrogens (primary N) is 1. The van der Waals surface area contributed by atoms with Crippen LogP contribution in [0.2, 0.25) is 0 Å². The number of hydrogen-bond acceptors (Lipinski definition) is 3. The van der Waals surface area contributed by atoms with E-state index in [9.17, 15) is 0 Å². The summed E-state index contributed by atoms with van der Waals surface area (Å²) in [5, 5.41) is 3.15. The first-order valence-electron chi connectivity index (χ1n) is 6.01. The van der Waals surface area contributed by atoms with Crippen LogP contribution in [0.1, 0.15) is 25.5 Å². The highest BCUT2D eigenvalue weighted by Crippen LogP contribution is 1.93. The molecule has 0 aliphatic rings. The van der Waals surface area contributed by atoms with Gasteiger partial charge in [-0.3, -0.25) is 15.4 Å². The summed E-state index contributed by atoms with van der Waals surface area (Å²) in [4.78, 5) is 8.56. The Balaban J connectivity index is 2.26. The number of rotatable bonds is 6. The van der Waals surface area contributed by atoms with Crippen LogP contribution < -0.4 is 16.6 Å².